The maximum atomic E-state index is 11.7. The highest BCUT2D eigenvalue weighted by molar-refractivity contribution is 5.78. The van der Waals surface area contributed by atoms with Crippen molar-refractivity contribution >= 4 is 5.97 Å². The molecule has 116 valence electrons. The molecule has 20 heavy (non-hydrogen) atoms. The zero-order valence-corrected chi connectivity index (χ0v) is 13.1. The molecule has 2 rings (SSSR count). The van der Waals surface area contributed by atoms with Gasteiger partial charge in [-0.1, -0.05) is 0 Å². The molecule has 0 aromatic rings. The molecule has 5 nitrogen and oxygen atoms in total. The number of carbonyl (C=O) groups is 1. The Morgan fingerprint density at radius 3 is 2.70 bits per heavy atom. The fourth-order valence-corrected chi connectivity index (χ4v) is 3.27. The van der Waals surface area contributed by atoms with Crippen LogP contribution in [0.4, 0.5) is 0 Å². The average molecular weight is 284 g/mol. The molecule has 0 aromatic heterocycles. The number of morpholine rings is 1. The Morgan fingerprint density at radius 2 is 2.20 bits per heavy atom. The summed E-state index contributed by atoms with van der Waals surface area (Å²) in [6.45, 7) is 10.6. The highest BCUT2D eigenvalue weighted by atomic mass is 16.5. The van der Waals surface area contributed by atoms with Crippen molar-refractivity contribution in [2.24, 2.45) is 0 Å². The van der Waals surface area contributed by atoms with Gasteiger partial charge in [0.25, 0.3) is 0 Å². The smallest absolute Gasteiger partial charge is 0.323 e. The minimum Gasteiger partial charge on any atom is -0.480 e. The fraction of sp³-hybridized carbons (Fsp3) is 0.933. The topological polar surface area (TPSA) is 61.8 Å². The lowest BCUT2D eigenvalue weighted by Crippen LogP contribution is -2.60. The third-order valence-corrected chi connectivity index (χ3v) is 4.52. The molecule has 2 unspecified atom stereocenters. The van der Waals surface area contributed by atoms with E-state index < -0.39 is 11.5 Å². The predicted molar refractivity (Wildman–Crippen MR) is 77.9 cm³/mol. The van der Waals surface area contributed by atoms with E-state index in [4.69, 9.17) is 4.74 Å². The van der Waals surface area contributed by atoms with E-state index in [1.54, 1.807) is 0 Å². The van der Waals surface area contributed by atoms with E-state index in [-0.39, 0.29) is 11.6 Å². The second-order valence-corrected chi connectivity index (χ2v) is 7.17. The highest BCUT2D eigenvalue weighted by Gasteiger charge is 2.42. The third kappa shape index (κ3) is 3.51. The predicted octanol–water partition coefficient (Wildman–Crippen LogP) is 1.47. The van der Waals surface area contributed by atoms with Gasteiger partial charge >= 0.3 is 5.97 Å². The number of carboxylic acids is 1. The van der Waals surface area contributed by atoms with Crippen LogP contribution < -0.4 is 5.32 Å². The number of carboxylic acid groups (broad SMARTS) is 1. The van der Waals surface area contributed by atoms with Crippen LogP contribution in [0, 0.1) is 0 Å². The van der Waals surface area contributed by atoms with Crippen molar-refractivity contribution in [2.45, 2.75) is 70.1 Å². The number of aliphatic carboxylic acids is 1. The summed E-state index contributed by atoms with van der Waals surface area (Å²) in [6, 6.07) is 0.599. The molecule has 0 aromatic carbocycles. The Labute approximate surface area is 121 Å². The van der Waals surface area contributed by atoms with E-state index in [2.05, 4.69) is 31.0 Å². The van der Waals surface area contributed by atoms with Crippen LogP contribution in [0.5, 0.6) is 0 Å². The van der Waals surface area contributed by atoms with Crippen LogP contribution in [0.15, 0.2) is 0 Å². The molecule has 0 spiro atoms. The first-order valence-electron chi connectivity index (χ1n) is 7.60. The minimum atomic E-state index is -0.838. The van der Waals surface area contributed by atoms with Crippen LogP contribution in [-0.2, 0) is 9.53 Å². The lowest BCUT2D eigenvalue weighted by molar-refractivity contribution is -0.146. The lowest BCUT2D eigenvalue weighted by Gasteiger charge is -2.47. The summed E-state index contributed by atoms with van der Waals surface area (Å²) < 4.78 is 5.54. The molecule has 1 heterocycles. The van der Waals surface area contributed by atoms with Gasteiger partial charge in [0.05, 0.1) is 13.2 Å². The molecule has 1 saturated carbocycles. The molecular formula is C15H28N2O3. The normalized spacial score (nSPS) is 27.8. The van der Waals surface area contributed by atoms with E-state index in [0.29, 0.717) is 19.1 Å². The van der Waals surface area contributed by atoms with Crippen LogP contribution in [-0.4, -0.2) is 58.9 Å². The molecule has 1 aliphatic heterocycles. The number of hydrogen-bond donors (Lipinski definition) is 2. The summed E-state index contributed by atoms with van der Waals surface area (Å²) in [5.41, 5.74) is -0.869. The Balaban J connectivity index is 2.03. The van der Waals surface area contributed by atoms with Crippen molar-refractivity contribution in [2.75, 3.05) is 19.8 Å². The first kappa shape index (κ1) is 15.7. The maximum absolute atomic E-state index is 11.7. The first-order chi connectivity index (χ1) is 9.24. The van der Waals surface area contributed by atoms with E-state index >= 15 is 0 Å². The molecular weight excluding hydrogens is 256 g/mol. The summed E-state index contributed by atoms with van der Waals surface area (Å²) in [5.74, 6) is -0.748. The Kier molecular flexibility index (Phi) is 4.42. The zero-order valence-electron chi connectivity index (χ0n) is 13.1. The van der Waals surface area contributed by atoms with Crippen LogP contribution in [0.3, 0.4) is 0 Å². The SMILES string of the molecule is CC(CC(C)(NC1CC1)C(=O)O)N1CCOCC1(C)C. The van der Waals surface area contributed by atoms with Gasteiger partial charge in [-0.15, -0.1) is 0 Å². The summed E-state index contributed by atoms with van der Waals surface area (Å²) >= 11 is 0. The van der Waals surface area contributed by atoms with Gasteiger partial charge in [0.2, 0.25) is 0 Å². The Morgan fingerprint density at radius 1 is 1.55 bits per heavy atom. The molecule has 0 amide bonds. The molecule has 0 bridgehead atoms. The molecule has 2 aliphatic rings. The van der Waals surface area contributed by atoms with Crippen molar-refractivity contribution in [3.05, 3.63) is 0 Å². The van der Waals surface area contributed by atoms with Crippen molar-refractivity contribution in [3.8, 4) is 0 Å². The standard InChI is InChI=1S/C15H28N2O3/c1-11(17-7-8-20-10-14(17,2)3)9-15(4,13(18)19)16-12-5-6-12/h11-12,16H,5-10H2,1-4H3,(H,18,19). The highest BCUT2D eigenvalue weighted by Crippen LogP contribution is 2.29. The van der Waals surface area contributed by atoms with Gasteiger partial charge in [-0.05, 0) is 47.0 Å². The van der Waals surface area contributed by atoms with Crippen LogP contribution in [0.1, 0.15) is 47.0 Å². The van der Waals surface area contributed by atoms with Crippen molar-refractivity contribution in [1.29, 1.82) is 0 Å². The molecule has 1 aliphatic carbocycles. The zero-order chi connectivity index (χ0) is 15.0. The van der Waals surface area contributed by atoms with E-state index in [1.165, 1.54) is 0 Å². The van der Waals surface area contributed by atoms with Gasteiger partial charge in [-0.25, -0.2) is 0 Å². The summed E-state index contributed by atoms with van der Waals surface area (Å²) in [6.07, 6.45) is 2.81. The minimum absolute atomic E-state index is 0.0311. The van der Waals surface area contributed by atoms with Crippen molar-refractivity contribution in [1.82, 2.24) is 10.2 Å². The lowest BCUT2D eigenvalue weighted by atomic mass is 9.90. The molecule has 1 saturated heterocycles. The second-order valence-electron chi connectivity index (χ2n) is 7.17. The molecule has 5 heteroatoms. The molecule has 0 radical (unpaired) electrons. The molecule has 2 atom stereocenters. The van der Waals surface area contributed by atoms with Crippen molar-refractivity contribution < 1.29 is 14.6 Å². The van der Waals surface area contributed by atoms with E-state index in [1.807, 2.05) is 6.92 Å². The van der Waals surface area contributed by atoms with Gasteiger partial charge in [0.15, 0.2) is 0 Å². The summed E-state index contributed by atoms with van der Waals surface area (Å²) in [7, 11) is 0. The van der Waals surface area contributed by atoms with Crippen LogP contribution in [0.25, 0.3) is 0 Å². The Hall–Kier alpha value is -0.650. The van der Waals surface area contributed by atoms with Gasteiger partial charge in [-0.2, -0.15) is 0 Å². The van der Waals surface area contributed by atoms with Crippen molar-refractivity contribution in [3.63, 3.8) is 0 Å². The van der Waals surface area contributed by atoms with E-state index in [0.717, 1.165) is 26.0 Å². The maximum Gasteiger partial charge on any atom is 0.323 e. The number of nitrogens with zero attached hydrogens (tertiary/aromatic N) is 1. The monoisotopic (exact) mass is 284 g/mol. The summed E-state index contributed by atoms with van der Waals surface area (Å²) in [4.78, 5) is 14.0. The van der Waals surface area contributed by atoms with E-state index in [9.17, 15) is 9.90 Å². The van der Waals surface area contributed by atoms with Gasteiger partial charge in [0.1, 0.15) is 5.54 Å². The van der Waals surface area contributed by atoms with Gasteiger partial charge < -0.3 is 9.84 Å². The third-order valence-electron chi connectivity index (χ3n) is 4.52. The molecule has 2 N–H and O–H groups in total. The number of hydrogen-bond acceptors (Lipinski definition) is 4. The second kappa shape index (κ2) is 5.62. The average Bonchev–Trinajstić information content (AvgIpc) is 3.11. The Bertz CT molecular complexity index is 368. The van der Waals surface area contributed by atoms with Crippen LogP contribution in [0.2, 0.25) is 0 Å². The number of nitrogens with one attached hydrogen (secondary N) is 1. The van der Waals surface area contributed by atoms with Gasteiger partial charge in [0, 0.05) is 24.2 Å². The van der Waals surface area contributed by atoms with Gasteiger partial charge in [-0.3, -0.25) is 15.0 Å². The summed E-state index contributed by atoms with van der Waals surface area (Å²) in [5, 5.41) is 12.9. The quantitative estimate of drug-likeness (QED) is 0.773. The molecule has 2 fully saturated rings. The van der Waals surface area contributed by atoms with Crippen LogP contribution >= 0.6 is 0 Å². The first-order valence-corrected chi connectivity index (χ1v) is 7.60. The number of ether oxygens (including phenoxy) is 1. The number of rotatable bonds is 6. The largest absolute Gasteiger partial charge is 0.480 e. The fourth-order valence-electron chi connectivity index (χ4n) is 3.27.